The highest BCUT2D eigenvalue weighted by Gasteiger charge is 2.23. The Labute approximate surface area is 324 Å². The molecule has 8 aromatic carbocycles. The number of fused-ring (bicyclic) bond motifs is 6. The Morgan fingerprint density at radius 3 is 1.62 bits per heavy atom. The lowest BCUT2D eigenvalue weighted by Crippen LogP contribution is -2.31. The van der Waals surface area contributed by atoms with Crippen LogP contribution in [0.3, 0.4) is 0 Å². The Kier molecular flexibility index (Phi) is 7.52. The van der Waals surface area contributed by atoms with E-state index in [9.17, 15) is 0 Å². The summed E-state index contributed by atoms with van der Waals surface area (Å²) in [5.74, 6) is 0.812. The highest BCUT2D eigenvalue weighted by atomic mass is 16.3. The van der Waals surface area contributed by atoms with Crippen LogP contribution in [0.4, 0.5) is 0 Å². The van der Waals surface area contributed by atoms with Crippen molar-refractivity contribution in [3.63, 3.8) is 0 Å². The van der Waals surface area contributed by atoms with Crippen molar-refractivity contribution in [1.82, 2.24) is 9.88 Å². The van der Waals surface area contributed by atoms with E-state index in [1.54, 1.807) is 0 Å². The summed E-state index contributed by atoms with van der Waals surface area (Å²) in [6.45, 7) is 0. The van der Waals surface area contributed by atoms with Gasteiger partial charge in [-0.25, -0.2) is 4.99 Å². The molecule has 3 heterocycles. The first kappa shape index (κ1) is 32.0. The third-order valence-corrected chi connectivity index (χ3v) is 11.0. The van der Waals surface area contributed by atoms with Gasteiger partial charge in [0.15, 0.2) is 0 Å². The summed E-state index contributed by atoms with van der Waals surface area (Å²) in [6, 6.07) is 68.7. The number of nitrogens with one attached hydrogen (secondary N) is 1. The fraction of sp³-hybridized carbons (Fsp3) is 0.0192. The number of aromatic nitrogens is 1. The quantitative estimate of drug-likeness (QED) is 0.186. The molecular formula is C52H35N3O. The van der Waals surface area contributed by atoms with Gasteiger partial charge in [0.25, 0.3) is 0 Å². The molecule has 0 fully saturated rings. The minimum absolute atomic E-state index is 0.0336. The molecule has 1 aliphatic rings. The summed E-state index contributed by atoms with van der Waals surface area (Å²) in [5, 5.41) is 8.28. The molecule has 56 heavy (non-hydrogen) atoms. The molecule has 10 aromatic rings. The molecule has 1 aliphatic heterocycles. The Morgan fingerprint density at radius 1 is 0.446 bits per heavy atom. The van der Waals surface area contributed by atoms with E-state index in [4.69, 9.17) is 9.41 Å². The van der Waals surface area contributed by atoms with Gasteiger partial charge in [0.05, 0.1) is 33.8 Å². The number of furan rings is 1. The zero-order valence-electron chi connectivity index (χ0n) is 30.4. The lowest BCUT2D eigenvalue weighted by atomic mass is 10.00. The van der Waals surface area contributed by atoms with E-state index < -0.39 is 0 Å². The van der Waals surface area contributed by atoms with Gasteiger partial charge in [0, 0.05) is 21.7 Å². The highest BCUT2D eigenvalue weighted by Crippen LogP contribution is 2.41. The normalized spacial score (nSPS) is 14.2. The second-order valence-electron chi connectivity index (χ2n) is 14.4. The molecule has 0 bridgehead atoms. The SMILES string of the molecule is C1=C(c2ccccc2)N=C(c2ccc3c(c2)oc2cccc(-n4c5cc(-c6ccccc6)ccc5c5ccc(-c6ccccc6)cc54)c23)NC1c1ccccc1. The molecule has 0 saturated heterocycles. The van der Waals surface area contributed by atoms with Crippen LogP contribution in [-0.4, -0.2) is 10.4 Å². The van der Waals surface area contributed by atoms with E-state index >= 15 is 0 Å². The van der Waals surface area contributed by atoms with Gasteiger partial charge in [-0.1, -0.05) is 158 Å². The first-order chi connectivity index (χ1) is 27.7. The molecule has 1 unspecified atom stereocenters. The zero-order chi connectivity index (χ0) is 37.0. The van der Waals surface area contributed by atoms with E-state index in [2.05, 4.69) is 204 Å². The Bertz CT molecular complexity index is 3040. The van der Waals surface area contributed by atoms with Crippen LogP contribution >= 0.6 is 0 Å². The fourth-order valence-electron chi connectivity index (χ4n) is 8.33. The molecule has 0 spiro atoms. The summed E-state index contributed by atoms with van der Waals surface area (Å²) in [6.07, 6.45) is 2.21. The lowest BCUT2D eigenvalue weighted by molar-refractivity contribution is 0.668. The molecule has 4 heteroatoms. The van der Waals surface area contributed by atoms with Gasteiger partial charge in [-0.2, -0.15) is 0 Å². The average Bonchev–Trinajstić information content (AvgIpc) is 3.82. The van der Waals surface area contributed by atoms with Crippen LogP contribution in [0.25, 0.3) is 77.4 Å². The van der Waals surface area contributed by atoms with E-state index in [0.717, 1.165) is 61.3 Å². The van der Waals surface area contributed by atoms with E-state index in [-0.39, 0.29) is 6.04 Å². The van der Waals surface area contributed by atoms with Gasteiger partial charge in [-0.3, -0.25) is 0 Å². The lowest BCUT2D eigenvalue weighted by Gasteiger charge is -2.24. The van der Waals surface area contributed by atoms with Crippen LogP contribution in [0.1, 0.15) is 22.7 Å². The molecule has 0 aliphatic carbocycles. The zero-order valence-corrected chi connectivity index (χ0v) is 30.4. The molecule has 0 saturated carbocycles. The molecule has 1 atom stereocenters. The van der Waals surface area contributed by atoms with Crippen molar-refractivity contribution in [2.24, 2.45) is 4.99 Å². The summed E-state index contributed by atoms with van der Waals surface area (Å²) < 4.78 is 9.18. The molecule has 1 N–H and O–H groups in total. The van der Waals surface area contributed by atoms with Gasteiger partial charge in [0.1, 0.15) is 17.0 Å². The molecule has 264 valence electrons. The van der Waals surface area contributed by atoms with Crippen LogP contribution in [0.15, 0.2) is 210 Å². The largest absolute Gasteiger partial charge is 0.456 e. The summed E-state index contributed by atoms with van der Waals surface area (Å²) in [7, 11) is 0. The van der Waals surface area contributed by atoms with Crippen LogP contribution in [-0.2, 0) is 0 Å². The van der Waals surface area contributed by atoms with Gasteiger partial charge in [-0.05, 0) is 75.9 Å². The van der Waals surface area contributed by atoms with Crippen LogP contribution in [0.2, 0.25) is 0 Å². The number of nitrogens with zero attached hydrogens (tertiary/aromatic N) is 2. The minimum atomic E-state index is -0.0336. The summed E-state index contributed by atoms with van der Waals surface area (Å²) in [5.41, 5.74) is 13.9. The molecule has 4 nitrogen and oxygen atoms in total. The molecule has 11 rings (SSSR count). The third-order valence-electron chi connectivity index (χ3n) is 11.0. The van der Waals surface area contributed by atoms with Crippen LogP contribution in [0.5, 0.6) is 0 Å². The second-order valence-corrected chi connectivity index (χ2v) is 14.4. The number of hydrogen-bond acceptors (Lipinski definition) is 3. The molecular weight excluding hydrogens is 683 g/mol. The number of benzene rings is 8. The maximum atomic E-state index is 6.75. The Balaban J connectivity index is 1.10. The predicted molar refractivity (Wildman–Crippen MR) is 232 cm³/mol. The average molecular weight is 718 g/mol. The third kappa shape index (κ3) is 5.42. The maximum absolute atomic E-state index is 6.75. The van der Waals surface area contributed by atoms with Gasteiger partial charge in [0.2, 0.25) is 0 Å². The van der Waals surface area contributed by atoms with E-state index in [0.29, 0.717) is 0 Å². The van der Waals surface area contributed by atoms with Crippen molar-refractivity contribution in [3.8, 4) is 27.9 Å². The van der Waals surface area contributed by atoms with Crippen molar-refractivity contribution in [1.29, 1.82) is 0 Å². The van der Waals surface area contributed by atoms with Gasteiger partial charge in [-0.15, -0.1) is 0 Å². The standard InChI is InChI=1S/C52H35N3O/c1-5-14-34(15-6-1)38-24-27-41-42-28-25-39(35-16-7-2-8-17-35)31-48(42)55(47(41)30-38)46-22-13-23-49-51(46)43-29-26-40(32-50(43)56-49)52-53-44(36-18-9-3-10-19-36)33-45(54-52)37-20-11-4-12-21-37/h1-33,44H,(H,53,54). The van der Waals surface area contributed by atoms with E-state index in [1.165, 1.54) is 38.6 Å². The van der Waals surface area contributed by atoms with Gasteiger partial charge >= 0.3 is 0 Å². The minimum Gasteiger partial charge on any atom is -0.456 e. The van der Waals surface area contributed by atoms with Crippen molar-refractivity contribution < 1.29 is 4.42 Å². The number of hydrogen-bond donors (Lipinski definition) is 1. The van der Waals surface area contributed by atoms with Crippen molar-refractivity contribution in [2.75, 3.05) is 0 Å². The van der Waals surface area contributed by atoms with Crippen LogP contribution < -0.4 is 5.32 Å². The molecule has 0 radical (unpaired) electrons. The topological polar surface area (TPSA) is 42.5 Å². The number of amidine groups is 1. The van der Waals surface area contributed by atoms with Crippen molar-refractivity contribution in [2.45, 2.75) is 6.04 Å². The number of aliphatic imine (C=N–C) groups is 1. The van der Waals surface area contributed by atoms with Gasteiger partial charge < -0.3 is 14.3 Å². The summed E-state index contributed by atoms with van der Waals surface area (Å²) in [4.78, 5) is 5.17. The predicted octanol–water partition coefficient (Wildman–Crippen LogP) is 13.1. The monoisotopic (exact) mass is 717 g/mol. The first-order valence-electron chi connectivity index (χ1n) is 19.1. The summed E-state index contributed by atoms with van der Waals surface area (Å²) >= 11 is 0. The van der Waals surface area contributed by atoms with Crippen molar-refractivity contribution >= 4 is 55.3 Å². The van der Waals surface area contributed by atoms with Crippen molar-refractivity contribution in [3.05, 3.63) is 217 Å². The van der Waals surface area contributed by atoms with E-state index in [1.807, 2.05) is 6.07 Å². The Morgan fingerprint density at radius 2 is 1.00 bits per heavy atom. The maximum Gasteiger partial charge on any atom is 0.137 e. The molecule has 0 amide bonds. The first-order valence-corrected chi connectivity index (χ1v) is 19.1. The van der Waals surface area contributed by atoms with Crippen LogP contribution in [0, 0.1) is 0 Å². The Hall–Kier alpha value is -7.43. The smallest absolute Gasteiger partial charge is 0.137 e. The second kappa shape index (κ2) is 13.2. The molecule has 2 aromatic heterocycles. The fourth-order valence-corrected chi connectivity index (χ4v) is 8.33. The number of rotatable bonds is 6. The highest BCUT2D eigenvalue weighted by molar-refractivity contribution is 6.16.